The molecule has 0 atom stereocenters. The van der Waals surface area contributed by atoms with E-state index in [9.17, 15) is 4.79 Å². The van der Waals surface area contributed by atoms with Gasteiger partial charge in [-0.3, -0.25) is 0 Å². The fourth-order valence-electron chi connectivity index (χ4n) is 0.711. The number of halogens is 1. The Bertz CT molecular complexity index is 272. The highest BCUT2D eigenvalue weighted by atomic mass is 79.9. The number of benzene rings is 1. The number of carboxylic acids is 1. The zero-order valence-electron chi connectivity index (χ0n) is 5.45. The summed E-state index contributed by atoms with van der Waals surface area (Å²) in [4.78, 5) is 10.5. The Kier molecular flexibility index (Phi) is 2.48. The lowest BCUT2D eigenvalue weighted by atomic mass is 10.2. The lowest BCUT2D eigenvalue weighted by molar-refractivity contribution is 0.0695. The summed E-state index contributed by atoms with van der Waals surface area (Å²) in [6, 6.07) is 6.37. The molecule has 0 radical (unpaired) electrons. The second kappa shape index (κ2) is 3.39. The number of aromatic carboxylic acids is 1. The van der Waals surface area contributed by atoms with Gasteiger partial charge in [0, 0.05) is 0 Å². The minimum atomic E-state index is -1.000. The molecule has 0 saturated carbocycles. The van der Waals surface area contributed by atoms with Crippen molar-refractivity contribution in [3.05, 3.63) is 29.8 Å². The smallest absolute Gasteiger partial charge is 0.339 e. The first-order valence-electron chi connectivity index (χ1n) is 2.86. The van der Waals surface area contributed by atoms with Crippen LogP contribution in [0.3, 0.4) is 0 Å². The third-order valence-electron chi connectivity index (χ3n) is 1.20. The predicted octanol–water partition coefficient (Wildman–Crippen LogP) is 2.07. The lowest BCUT2D eigenvalue weighted by Crippen LogP contribution is -1.97. The number of para-hydroxylation sites is 1. The minimum absolute atomic E-state index is 0.143. The molecule has 0 aromatic heterocycles. The van der Waals surface area contributed by atoms with Crippen molar-refractivity contribution < 1.29 is 13.7 Å². The first kappa shape index (κ1) is 8.07. The molecule has 3 nitrogen and oxygen atoms in total. The molecular formula is C7H5BrO3. The quantitative estimate of drug-likeness (QED) is 0.824. The van der Waals surface area contributed by atoms with Gasteiger partial charge in [-0.2, -0.15) is 0 Å². The summed E-state index contributed by atoms with van der Waals surface area (Å²) in [6.07, 6.45) is 0. The average Bonchev–Trinajstić information content (AvgIpc) is 2.04. The van der Waals surface area contributed by atoms with E-state index >= 15 is 0 Å². The molecule has 0 spiro atoms. The minimum Gasteiger partial charge on any atom is -0.478 e. The molecule has 1 aromatic rings. The van der Waals surface area contributed by atoms with E-state index in [4.69, 9.17) is 5.11 Å². The van der Waals surface area contributed by atoms with Crippen LogP contribution in [-0.2, 0) is 0 Å². The highest BCUT2D eigenvalue weighted by Gasteiger charge is 2.08. The van der Waals surface area contributed by atoms with Gasteiger partial charge in [0.15, 0.2) is 22.0 Å². The standard InChI is InChI=1S/C7H5BrO3/c8-11-6-4-2-1-3-5(6)7(9)10/h1-4H,(H,9,10). The molecule has 0 bridgehead atoms. The van der Waals surface area contributed by atoms with Gasteiger partial charge in [0.25, 0.3) is 0 Å². The van der Waals surface area contributed by atoms with E-state index in [2.05, 4.69) is 20.1 Å². The van der Waals surface area contributed by atoms with Crippen molar-refractivity contribution in [3.63, 3.8) is 0 Å². The van der Waals surface area contributed by atoms with Crippen molar-refractivity contribution in [1.29, 1.82) is 0 Å². The number of carbonyl (C=O) groups is 1. The van der Waals surface area contributed by atoms with Crippen molar-refractivity contribution in [2.45, 2.75) is 0 Å². The summed E-state index contributed by atoms with van der Waals surface area (Å²) in [5, 5.41) is 8.60. The van der Waals surface area contributed by atoms with Gasteiger partial charge in [0.2, 0.25) is 0 Å². The largest absolute Gasteiger partial charge is 0.478 e. The highest BCUT2D eigenvalue weighted by Crippen LogP contribution is 2.19. The first-order chi connectivity index (χ1) is 5.25. The zero-order chi connectivity index (χ0) is 8.27. The maximum Gasteiger partial charge on any atom is 0.339 e. The molecule has 0 unspecified atom stereocenters. The van der Waals surface area contributed by atoms with Gasteiger partial charge in [0.1, 0.15) is 5.56 Å². The van der Waals surface area contributed by atoms with E-state index < -0.39 is 5.97 Å². The molecule has 58 valence electrons. The van der Waals surface area contributed by atoms with Crippen molar-refractivity contribution >= 4 is 22.2 Å². The zero-order valence-corrected chi connectivity index (χ0v) is 7.04. The van der Waals surface area contributed by atoms with E-state index in [0.717, 1.165) is 0 Å². The van der Waals surface area contributed by atoms with Crippen molar-refractivity contribution in [1.82, 2.24) is 0 Å². The van der Waals surface area contributed by atoms with Gasteiger partial charge in [-0.05, 0) is 12.1 Å². The van der Waals surface area contributed by atoms with Gasteiger partial charge < -0.3 is 8.93 Å². The Morgan fingerprint density at radius 1 is 1.45 bits per heavy atom. The molecule has 0 fully saturated rings. The number of rotatable bonds is 2. The average molecular weight is 217 g/mol. The SMILES string of the molecule is O=C(O)c1ccccc1OBr. The molecule has 1 aromatic carbocycles. The van der Waals surface area contributed by atoms with Gasteiger partial charge in [-0.25, -0.2) is 4.79 Å². The van der Waals surface area contributed by atoms with Crippen molar-refractivity contribution in [2.75, 3.05) is 0 Å². The number of carboxylic acid groups (broad SMARTS) is 1. The first-order valence-corrected chi connectivity index (χ1v) is 3.51. The molecule has 11 heavy (non-hydrogen) atoms. The molecule has 0 aliphatic heterocycles. The maximum absolute atomic E-state index is 10.5. The van der Waals surface area contributed by atoms with Crippen LogP contribution in [-0.4, -0.2) is 11.1 Å². The number of hydrogen-bond acceptors (Lipinski definition) is 2. The van der Waals surface area contributed by atoms with Crippen LogP contribution in [0.15, 0.2) is 24.3 Å². The van der Waals surface area contributed by atoms with Gasteiger partial charge in [-0.15, -0.1) is 0 Å². The Labute approximate surface area is 72.1 Å². The summed E-state index contributed by atoms with van der Waals surface area (Å²) < 4.78 is 4.64. The molecule has 0 saturated heterocycles. The predicted molar refractivity (Wildman–Crippen MR) is 43.0 cm³/mol. The summed E-state index contributed by atoms with van der Waals surface area (Å²) in [6.45, 7) is 0. The monoisotopic (exact) mass is 216 g/mol. The van der Waals surface area contributed by atoms with Crippen LogP contribution in [0.2, 0.25) is 0 Å². The molecule has 1 N–H and O–H groups in total. The van der Waals surface area contributed by atoms with E-state index in [1.807, 2.05) is 0 Å². The van der Waals surface area contributed by atoms with Crippen LogP contribution in [0.4, 0.5) is 0 Å². The third kappa shape index (κ3) is 1.71. The molecular weight excluding hydrogens is 212 g/mol. The van der Waals surface area contributed by atoms with E-state index in [-0.39, 0.29) is 5.56 Å². The molecule has 0 heterocycles. The fraction of sp³-hybridized carbons (Fsp3) is 0. The maximum atomic E-state index is 10.5. The van der Waals surface area contributed by atoms with Crippen LogP contribution in [0.5, 0.6) is 5.75 Å². The Hall–Kier alpha value is -1.03. The van der Waals surface area contributed by atoms with Crippen LogP contribution >= 0.6 is 16.3 Å². The normalized spacial score (nSPS) is 9.18. The van der Waals surface area contributed by atoms with Crippen LogP contribution in [0, 0.1) is 0 Å². The molecule has 0 aliphatic carbocycles. The molecule has 1 rings (SSSR count). The topological polar surface area (TPSA) is 46.5 Å². The summed E-state index contributed by atoms with van der Waals surface area (Å²) in [5.74, 6) is -0.694. The van der Waals surface area contributed by atoms with E-state index in [1.165, 1.54) is 6.07 Å². The molecule has 0 aliphatic rings. The third-order valence-corrected chi connectivity index (χ3v) is 1.55. The van der Waals surface area contributed by atoms with Gasteiger partial charge in [-0.1, -0.05) is 12.1 Å². The van der Waals surface area contributed by atoms with Gasteiger partial charge >= 0.3 is 5.97 Å². The number of hydrogen-bond donors (Lipinski definition) is 1. The Balaban J connectivity index is 3.12. The molecule has 0 amide bonds. The summed E-state index contributed by atoms with van der Waals surface area (Å²) >= 11 is 2.71. The van der Waals surface area contributed by atoms with E-state index in [0.29, 0.717) is 5.75 Å². The second-order valence-electron chi connectivity index (χ2n) is 1.88. The van der Waals surface area contributed by atoms with E-state index in [1.54, 1.807) is 18.2 Å². The van der Waals surface area contributed by atoms with Gasteiger partial charge in [0.05, 0.1) is 0 Å². The summed E-state index contributed by atoms with van der Waals surface area (Å²) in [5.41, 5.74) is 0.143. The Morgan fingerprint density at radius 3 is 2.55 bits per heavy atom. The lowest BCUT2D eigenvalue weighted by Gasteiger charge is -1.99. The van der Waals surface area contributed by atoms with Crippen LogP contribution in [0.1, 0.15) is 10.4 Å². The van der Waals surface area contributed by atoms with Crippen molar-refractivity contribution in [3.8, 4) is 5.75 Å². The Morgan fingerprint density at radius 2 is 2.09 bits per heavy atom. The van der Waals surface area contributed by atoms with Crippen LogP contribution < -0.4 is 3.83 Å². The molecule has 4 heteroatoms. The second-order valence-corrected chi connectivity index (χ2v) is 2.20. The summed E-state index contributed by atoms with van der Waals surface area (Å²) in [7, 11) is 0. The fourth-order valence-corrected chi connectivity index (χ4v) is 0.993. The van der Waals surface area contributed by atoms with Crippen molar-refractivity contribution in [2.24, 2.45) is 0 Å². The van der Waals surface area contributed by atoms with Crippen LogP contribution in [0.25, 0.3) is 0 Å². The highest BCUT2D eigenvalue weighted by molar-refractivity contribution is 9.06.